The van der Waals surface area contributed by atoms with Crippen LogP contribution in [0.25, 0.3) is 0 Å². The Morgan fingerprint density at radius 2 is 2.23 bits per heavy atom. The zero-order valence-corrected chi connectivity index (χ0v) is 7.80. The number of rotatable bonds is 1. The second-order valence-corrected chi connectivity index (χ2v) is 3.09. The summed E-state index contributed by atoms with van der Waals surface area (Å²) in [4.78, 5) is 10.5. The fourth-order valence-corrected chi connectivity index (χ4v) is 1.25. The summed E-state index contributed by atoms with van der Waals surface area (Å²) in [6, 6.07) is 3.66. The summed E-state index contributed by atoms with van der Waals surface area (Å²) in [5.41, 5.74) is -0.406. The molecule has 0 fully saturated rings. The Bertz CT molecular complexity index is 411. The van der Waals surface area contributed by atoms with Gasteiger partial charge >= 0.3 is 5.97 Å². The molecule has 0 bridgehead atoms. The average molecular weight is 244 g/mol. The van der Waals surface area contributed by atoms with Crippen molar-refractivity contribution in [3.63, 3.8) is 0 Å². The molecular formula is C8H3BrFNO2. The summed E-state index contributed by atoms with van der Waals surface area (Å²) in [7, 11) is 0. The monoisotopic (exact) mass is 243 g/mol. The first-order chi connectivity index (χ1) is 6.06. The van der Waals surface area contributed by atoms with E-state index in [2.05, 4.69) is 15.9 Å². The maximum atomic E-state index is 13.0. The summed E-state index contributed by atoms with van der Waals surface area (Å²) in [5.74, 6) is -1.94. The van der Waals surface area contributed by atoms with Gasteiger partial charge in [0.2, 0.25) is 0 Å². The highest BCUT2D eigenvalue weighted by Gasteiger charge is 2.11. The predicted octanol–water partition coefficient (Wildman–Crippen LogP) is 2.16. The number of hydrogen-bond donors (Lipinski definition) is 1. The van der Waals surface area contributed by atoms with Crippen molar-refractivity contribution in [1.29, 1.82) is 5.26 Å². The SMILES string of the molecule is N#Cc1cc(C(=O)O)cc(Br)c1F. The number of halogens is 2. The predicted molar refractivity (Wildman–Crippen MR) is 45.8 cm³/mol. The summed E-state index contributed by atoms with van der Waals surface area (Å²) in [5, 5.41) is 17.0. The van der Waals surface area contributed by atoms with Gasteiger partial charge in [0, 0.05) is 0 Å². The van der Waals surface area contributed by atoms with Gasteiger partial charge in [0.15, 0.2) is 5.82 Å². The van der Waals surface area contributed by atoms with Gasteiger partial charge < -0.3 is 5.11 Å². The molecule has 1 aromatic rings. The highest BCUT2D eigenvalue weighted by molar-refractivity contribution is 9.10. The Hall–Kier alpha value is -1.41. The minimum Gasteiger partial charge on any atom is -0.478 e. The van der Waals surface area contributed by atoms with Gasteiger partial charge in [-0.1, -0.05) is 0 Å². The van der Waals surface area contributed by atoms with Crippen molar-refractivity contribution < 1.29 is 14.3 Å². The largest absolute Gasteiger partial charge is 0.478 e. The molecule has 0 saturated heterocycles. The molecule has 0 aromatic heterocycles. The number of nitrogens with zero attached hydrogens (tertiary/aromatic N) is 1. The lowest BCUT2D eigenvalue weighted by molar-refractivity contribution is 0.0696. The van der Waals surface area contributed by atoms with Gasteiger partial charge in [0.1, 0.15) is 6.07 Å². The smallest absolute Gasteiger partial charge is 0.335 e. The van der Waals surface area contributed by atoms with Gasteiger partial charge in [-0.05, 0) is 28.1 Å². The first-order valence-corrected chi connectivity index (χ1v) is 3.98. The summed E-state index contributed by atoms with van der Waals surface area (Å²) in [6.07, 6.45) is 0. The van der Waals surface area contributed by atoms with Crippen LogP contribution in [0.4, 0.5) is 4.39 Å². The number of carboxylic acids is 1. The molecule has 3 nitrogen and oxygen atoms in total. The fourth-order valence-electron chi connectivity index (χ4n) is 0.794. The Morgan fingerprint density at radius 1 is 1.62 bits per heavy atom. The van der Waals surface area contributed by atoms with E-state index in [1.807, 2.05) is 0 Å². The minimum atomic E-state index is -1.20. The Kier molecular flexibility index (Phi) is 2.63. The quantitative estimate of drug-likeness (QED) is 0.823. The van der Waals surface area contributed by atoms with Crippen LogP contribution in [-0.2, 0) is 0 Å². The van der Waals surface area contributed by atoms with Crippen LogP contribution >= 0.6 is 15.9 Å². The van der Waals surface area contributed by atoms with Crippen molar-refractivity contribution in [2.75, 3.05) is 0 Å². The van der Waals surface area contributed by atoms with Gasteiger partial charge in [-0.15, -0.1) is 0 Å². The molecule has 0 radical (unpaired) electrons. The molecule has 5 heteroatoms. The second kappa shape index (κ2) is 3.54. The lowest BCUT2D eigenvalue weighted by Gasteiger charge is -1.99. The molecule has 0 saturated carbocycles. The molecule has 0 aliphatic heterocycles. The van der Waals surface area contributed by atoms with Gasteiger partial charge in [0.25, 0.3) is 0 Å². The van der Waals surface area contributed by atoms with Crippen LogP contribution in [0, 0.1) is 17.1 Å². The fraction of sp³-hybridized carbons (Fsp3) is 0. The molecule has 0 atom stereocenters. The molecule has 0 aliphatic carbocycles. The third-order valence-electron chi connectivity index (χ3n) is 1.40. The van der Waals surface area contributed by atoms with Crippen molar-refractivity contribution in [3.8, 4) is 6.07 Å². The second-order valence-electron chi connectivity index (χ2n) is 2.24. The number of carboxylic acid groups (broad SMARTS) is 1. The van der Waals surface area contributed by atoms with E-state index in [-0.39, 0.29) is 15.6 Å². The van der Waals surface area contributed by atoms with E-state index < -0.39 is 11.8 Å². The molecule has 0 spiro atoms. The van der Waals surface area contributed by atoms with E-state index >= 15 is 0 Å². The lowest BCUT2D eigenvalue weighted by atomic mass is 10.1. The first-order valence-electron chi connectivity index (χ1n) is 3.18. The third kappa shape index (κ3) is 1.84. The lowest BCUT2D eigenvalue weighted by Crippen LogP contribution is -1.98. The standard InChI is InChI=1S/C8H3BrFNO2/c9-6-2-4(8(12)13)1-5(3-11)7(6)10/h1-2H,(H,12,13). The van der Waals surface area contributed by atoms with Crippen molar-refractivity contribution in [3.05, 3.63) is 33.5 Å². The highest BCUT2D eigenvalue weighted by Crippen LogP contribution is 2.20. The summed E-state index contributed by atoms with van der Waals surface area (Å²) in [6.45, 7) is 0. The maximum Gasteiger partial charge on any atom is 0.335 e. The van der Waals surface area contributed by atoms with Gasteiger partial charge in [-0.3, -0.25) is 0 Å². The van der Waals surface area contributed by atoms with Crippen LogP contribution in [0.1, 0.15) is 15.9 Å². The number of hydrogen-bond acceptors (Lipinski definition) is 2. The molecule has 1 rings (SSSR count). The Morgan fingerprint density at radius 3 is 2.69 bits per heavy atom. The average Bonchev–Trinajstić information content (AvgIpc) is 2.09. The van der Waals surface area contributed by atoms with E-state index in [1.54, 1.807) is 6.07 Å². The summed E-state index contributed by atoms with van der Waals surface area (Å²) >= 11 is 2.82. The van der Waals surface area contributed by atoms with Crippen molar-refractivity contribution in [2.24, 2.45) is 0 Å². The van der Waals surface area contributed by atoms with E-state index in [1.165, 1.54) is 0 Å². The summed E-state index contributed by atoms with van der Waals surface area (Å²) < 4.78 is 13.0. The molecular weight excluding hydrogens is 241 g/mol. The molecule has 0 unspecified atom stereocenters. The van der Waals surface area contributed by atoms with Gasteiger partial charge in [-0.25, -0.2) is 9.18 Å². The zero-order chi connectivity index (χ0) is 10.0. The number of nitriles is 1. The first kappa shape index (κ1) is 9.68. The third-order valence-corrected chi connectivity index (χ3v) is 1.97. The van der Waals surface area contributed by atoms with E-state index in [9.17, 15) is 9.18 Å². The zero-order valence-electron chi connectivity index (χ0n) is 6.21. The van der Waals surface area contributed by atoms with Gasteiger partial charge in [0.05, 0.1) is 15.6 Å². The Balaban J connectivity index is 3.41. The van der Waals surface area contributed by atoms with Crippen molar-refractivity contribution in [2.45, 2.75) is 0 Å². The van der Waals surface area contributed by atoms with Crippen molar-refractivity contribution in [1.82, 2.24) is 0 Å². The van der Waals surface area contributed by atoms with Crippen LogP contribution in [0.2, 0.25) is 0 Å². The van der Waals surface area contributed by atoms with E-state index in [0.717, 1.165) is 12.1 Å². The molecule has 0 heterocycles. The molecule has 66 valence electrons. The molecule has 0 amide bonds. The van der Waals surface area contributed by atoms with Crippen LogP contribution in [0.15, 0.2) is 16.6 Å². The van der Waals surface area contributed by atoms with Crippen LogP contribution in [0.3, 0.4) is 0 Å². The number of carbonyl (C=O) groups is 1. The Labute approximate surface area is 81.5 Å². The normalized spacial score (nSPS) is 9.31. The molecule has 1 aromatic carbocycles. The maximum absolute atomic E-state index is 13.0. The highest BCUT2D eigenvalue weighted by atomic mass is 79.9. The topological polar surface area (TPSA) is 61.1 Å². The van der Waals surface area contributed by atoms with Gasteiger partial charge in [-0.2, -0.15) is 5.26 Å². The molecule has 1 N–H and O–H groups in total. The van der Waals surface area contributed by atoms with Crippen LogP contribution in [0.5, 0.6) is 0 Å². The van der Waals surface area contributed by atoms with Crippen LogP contribution in [-0.4, -0.2) is 11.1 Å². The molecule has 13 heavy (non-hydrogen) atoms. The van der Waals surface area contributed by atoms with E-state index in [0.29, 0.717) is 0 Å². The minimum absolute atomic E-state index is 0.0241. The number of aromatic carboxylic acids is 1. The van der Waals surface area contributed by atoms with Crippen molar-refractivity contribution >= 4 is 21.9 Å². The molecule has 0 aliphatic rings. The van der Waals surface area contributed by atoms with E-state index in [4.69, 9.17) is 10.4 Å². The van der Waals surface area contributed by atoms with Crippen LogP contribution < -0.4 is 0 Å². The number of benzene rings is 1.